The number of likely N-dealkylation sites (N-methyl/N-ethyl adjacent to an activating group) is 6. The number of carbonyl (C=O) groups excluding carboxylic acids is 4. The van der Waals surface area contributed by atoms with E-state index in [-0.39, 0.29) is 95.7 Å². The van der Waals surface area contributed by atoms with Crippen LogP contribution in [0.3, 0.4) is 0 Å². The van der Waals surface area contributed by atoms with Gasteiger partial charge in [-0.25, -0.2) is 53.0 Å². The normalized spacial score (nSPS) is 12.2. The van der Waals surface area contributed by atoms with E-state index in [0.29, 0.717) is 120 Å². The molecule has 0 saturated carbocycles. The molecule has 48 heteroatoms. The lowest BCUT2D eigenvalue weighted by atomic mass is 9.87. The van der Waals surface area contributed by atoms with Gasteiger partial charge in [-0.3, -0.25) is 9.59 Å². The van der Waals surface area contributed by atoms with Crippen molar-refractivity contribution in [2.24, 2.45) is 10.8 Å². The van der Waals surface area contributed by atoms with Gasteiger partial charge in [0, 0.05) is 54.7 Å². The third kappa shape index (κ3) is 126. The Labute approximate surface area is 825 Å². The van der Waals surface area contributed by atoms with Crippen LogP contribution in [0, 0.1) is 10.8 Å². The molecule has 0 aliphatic heterocycles. The van der Waals surface area contributed by atoms with Crippen molar-refractivity contribution in [1.82, 2.24) is 0 Å². The van der Waals surface area contributed by atoms with E-state index < -0.39 is 114 Å². The second kappa shape index (κ2) is 87.1. The Morgan fingerprint density at radius 2 is 0.504 bits per heavy atom. The highest BCUT2D eigenvalue weighted by molar-refractivity contribution is 7.86. The summed E-state index contributed by atoms with van der Waals surface area (Å²) < 4.78 is 127. The zero-order valence-corrected chi connectivity index (χ0v) is 91.3. The van der Waals surface area contributed by atoms with Gasteiger partial charge in [0.05, 0.1) is 244 Å². The first-order chi connectivity index (χ1) is 62.7. The summed E-state index contributed by atoms with van der Waals surface area (Å²) in [5.74, 6) is -7.77. The van der Waals surface area contributed by atoms with Gasteiger partial charge in [-0.1, -0.05) is 150 Å². The summed E-state index contributed by atoms with van der Waals surface area (Å²) in [7, 11) is 13.3. The van der Waals surface area contributed by atoms with E-state index in [0.717, 1.165) is 71.4 Å². The summed E-state index contributed by atoms with van der Waals surface area (Å²) in [5.41, 5.74) is -2.74. The minimum Gasteiger partial charge on any atom is -0.748 e. The third-order valence-corrected chi connectivity index (χ3v) is 23.9. The van der Waals surface area contributed by atoms with Gasteiger partial charge < -0.3 is 127 Å². The molecule has 137 heavy (non-hydrogen) atoms. The number of carbonyl (C=O) groups is 6. The molecule has 0 unspecified atom stereocenters. The fourth-order valence-corrected chi connectivity index (χ4v) is 13.4. The molecule has 0 bridgehead atoms. The number of carboxylic acid groups (broad SMARTS) is 6. The van der Waals surface area contributed by atoms with Crippen LogP contribution in [0.5, 0.6) is 0 Å². The third-order valence-electron chi connectivity index (χ3n) is 20.8. The Bertz CT molecular complexity index is 3400. The molecule has 0 heterocycles. The van der Waals surface area contributed by atoms with Crippen molar-refractivity contribution in [3.05, 3.63) is 0 Å². The smallest absolute Gasteiger partial charge is 0.314 e. The minimum atomic E-state index is -4.08. The van der Waals surface area contributed by atoms with E-state index in [1.54, 1.807) is 49.2 Å². The number of rotatable bonds is 73. The van der Waals surface area contributed by atoms with Crippen LogP contribution in [0.15, 0.2) is 0 Å². The van der Waals surface area contributed by atoms with Crippen LogP contribution in [0.25, 0.3) is 0 Å². The Hall–Kier alpha value is -4.34. The van der Waals surface area contributed by atoms with Gasteiger partial charge in [-0.05, 0) is 64.7 Å². The molecule has 0 aromatic rings. The monoisotopic (exact) mass is 2080 g/mol. The SMILES string of the molecule is CC(CO)(CO)C(=O)O.CCC(CO)(CO)C(=O)O.CCCCCCCCCO[N+](C)(C)CC(=O)[O-].CCCCCCCCCO[N+](C)(C)CCCCS(=O)(=O)[O-].CCCCCCO[N+](C)(C)CC(=O)[O-].CCCCCCO[N+](C)(C)CCCCS(=O)(=O)[O-].C[N+](C)(CCO)CC(=O)[O-].C[N+](C)(CCO)CCC(=O)[O-].C[N+](C)(CCO)CCCCS(=O)(=O)[O-].C[N+](C)(CCO)CCCS(=O)(=O)[O-]. The summed E-state index contributed by atoms with van der Waals surface area (Å²) in [6.07, 6.45) is 30.6. The maximum Gasteiger partial charge on any atom is 0.314 e. The Morgan fingerprint density at radius 3 is 0.715 bits per heavy atom. The van der Waals surface area contributed by atoms with Gasteiger partial charge in [0.25, 0.3) is 0 Å². The average Bonchev–Trinajstić information content (AvgIpc) is 0.865. The molecule has 0 radical (unpaired) electrons. The van der Waals surface area contributed by atoms with Gasteiger partial charge in [-0.15, -0.1) is 0 Å². The second-order valence-corrected chi connectivity index (χ2v) is 44.9. The van der Waals surface area contributed by atoms with Crippen LogP contribution in [0.4, 0.5) is 0 Å². The van der Waals surface area contributed by atoms with Crippen molar-refractivity contribution >= 4 is 76.3 Å². The molecule has 830 valence electrons. The van der Waals surface area contributed by atoms with Crippen LogP contribution >= 0.6 is 0 Å². The standard InChI is InChI=1S/C15H33NO4S.C13H27NO3.C12H27NO4S.C10H21NO3.C8H19NO4S.C7H17NO4S.C7H15NO3.C6H13NO3.C6H12O4.C5H10O4/c1-4-5-6-7-8-9-11-14-20-16(2,3)13-10-12-15-21(17,18)19;1-4-5-6-7-8-9-10-11-17-14(2,3)12-13(15)16;1-4-5-6-8-11-17-13(2,3)10-7-9-12-18(14,15)16;1-4-5-6-7-8-14-11(2,3)9-10(12)13;1-9(2,6-7-10)5-3-4-8-14(11,12)13;1-8(2,5-6-9)4-3-7-13(10,11)12;1-8(2,5-6-9)4-3-7(10)11;1-7(2,3-4-8)5-6(9)10;1-2-6(3-7,4-8)5(9)10;1-5(2-6,3-7)4(8)9/h4-15H2,1-3H3;4-12H2,1-3H3;4-12H2,1-3H3;4-9H2,1-3H3;10H,3-8H2,1-2H3;9H,3-7H2,1-2H3;9H,3-6H2,1-2H3;8H,3-5H2,1-2H3;7-8H,2-4H2,1H3,(H,9,10);6-7H,2-3H2,1H3,(H,8,9). The molecule has 0 amide bonds. The van der Waals surface area contributed by atoms with Crippen molar-refractivity contribution in [2.75, 3.05) is 294 Å². The average molecular weight is 2080 g/mol. The maximum absolute atomic E-state index is 10.5. The number of nitrogens with zero attached hydrogens (tertiary/aromatic N) is 8. The number of quaternary nitrogens is 8. The van der Waals surface area contributed by atoms with Gasteiger partial charge in [0.2, 0.25) is 0 Å². The molecule has 0 spiro atoms. The van der Waals surface area contributed by atoms with Gasteiger partial charge >= 0.3 is 11.9 Å². The number of hydroxylamine groups is 12. The van der Waals surface area contributed by atoms with Gasteiger partial charge in [-0.2, -0.15) is 18.6 Å². The number of hydrogen-bond acceptors (Lipinski definition) is 34. The molecule has 0 atom stereocenters. The summed E-state index contributed by atoms with van der Waals surface area (Å²) in [6.45, 7) is 17.8. The Balaban J connectivity index is -0.000000165. The predicted octanol–water partition coefficient (Wildman–Crippen LogP) is -0.325. The fraction of sp³-hybridized carbons (Fsp3) is 0.933. The van der Waals surface area contributed by atoms with Crippen molar-refractivity contribution in [1.29, 1.82) is 0 Å². The van der Waals surface area contributed by atoms with Crippen LogP contribution < -0.4 is 20.4 Å². The lowest BCUT2D eigenvalue weighted by Gasteiger charge is -2.29. The number of aliphatic carboxylic acids is 6. The summed E-state index contributed by atoms with van der Waals surface area (Å²) >= 11 is 0. The largest absolute Gasteiger partial charge is 0.748 e. The molecule has 0 saturated heterocycles. The highest BCUT2D eigenvalue weighted by atomic mass is 32.2. The zero-order chi connectivity index (χ0) is 109. The lowest BCUT2D eigenvalue weighted by molar-refractivity contribution is -1.08. The molecule has 0 aromatic carbocycles. The van der Waals surface area contributed by atoms with Crippen molar-refractivity contribution in [3.8, 4) is 0 Å². The summed E-state index contributed by atoms with van der Waals surface area (Å²) in [4.78, 5) is 83.9. The topological polar surface area (TPSA) is 663 Å². The van der Waals surface area contributed by atoms with Crippen LogP contribution in [-0.2, 0) is 88.6 Å². The second-order valence-electron chi connectivity index (χ2n) is 38.8. The van der Waals surface area contributed by atoms with E-state index >= 15 is 0 Å². The molecule has 0 aliphatic rings. The Morgan fingerprint density at radius 1 is 0.270 bits per heavy atom. The molecule has 0 fully saturated rings. The van der Waals surface area contributed by atoms with Crippen molar-refractivity contribution in [2.45, 2.75) is 241 Å². The number of aliphatic hydroxyl groups excluding tert-OH is 8. The first kappa shape index (κ1) is 153. The maximum atomic E-state index is 10.5. The number of hydrogen-bond donors (Lipinski definition) is 10. The highest BCUT2D eigenvalue weighted by Crippen LogP contribution is 2.21. The Kier molecular flexibility index (Phi) is 97.2. The van der Waals surface area contributed by atoms with Crippen molar-refractivity contribution < 1.29 is 208 Å². The molecular formula is C89H194N8O36S4. The summed E-state index contributed by atoms with van der Waals surface area (Å²) in [5, 5.41) is 126. The number of unbranched alkanes of at least 4 members (excludes halogenated alkanes) is 21. The molecule has 44 nitrogen and oxygen atoms in total. The summed E-state index contributed by atoms with van der Waals surface area (Å²) in [6, 6.07) is 0. The van der Waals surface area contributed by atoms with Gasteiger partial charge in [0.1, 0.15) is 96.2 Å². The fourth-order valence-electron chi connectivity index (χ4n) is 11.3. The lowest BCUT2D eigenvalue weighted by Crippen LogP contribution is -2.49. The van der Waals surface area contributed by atoms with Gasteiger partial charge in [0.15, 0.2) is 0 Å². The van der Waals surface area contributed by atoms with Crippen molar-refractivity contribution in [3.63, 3.8) is 0 Å². The molecule has 0 rings (SSSR count). The predicted molar refractivity (Wildman–Crippen MR) is 511 cm³/mol. The zero-order valence-electron chi connectivity index (χ0n) is 88.0. The number of carboxylic acids is 6. The van der Waals surface area contributed by atoms with E-state index in [2.05, 4.69) is 27.7 Å². The molecular weight excluding hydrogens is 1890 g/mol. The van der Waals surface area contributed by atoms with Crippen LogP contribution in [-0.4, -0.2) is 469 Å². The van der Waals surface area contributed by atoms with E-state index in [1.165, 1.54) is 110 Å². The van der Waals surface area contributed by atoms with E-state index in [9.17, 15) is 101 Å². The molecule has 0 aromatic heterocycles. The highest BCUT2D eigenvalue weighted by Gasteiger charge is 2.35. The van der Waals surface area contributed by atoms with Crippen LogP contribution in [0.1, 0.15) is 241 Å². The quantitative estimate of drug-likeness (QED) is 0.0161. The van der Waals surface area contributed by atoms with E-state index in [1.807, 2.05) is 70.5 Å². The minimum absolute atomic E-state index is 0.000278. The first-order valence-electron chi connectivity index (χ1n) is 47.7. The van der Waals surface area contributed by atoms with Crippen LogP contribution in [0.2, 0.25) is 0 Å². The first-order valence-corrected chi connectivity index (χ1v) is 54.0. The molecule has 0 aliphatic carbocycles. The van der Waals surface area contributed by atoms with E-state index in [4.69, 9.17) is 70.4 Å². The molecule has 10 N–H and O–H groups in total. The number of aliphatic hydroxyl groups is 8.